The van der Waals surface area contributed by atoms with Gasteiger partial charge in [0.25, 0.3) is 0 Å². The maximum Gasteiger partial charge on any atom is 0.327 e. The van der Waals surface area contributed by atoms with Crippen LogP contribution in [0.4, 0.5) is 0 Å². The monoisotopic (exact) mass is 546 g/mol. The molecule has 0 radical (unpaired) electrons. The smallest absolute Gasteiger partial charge is 0.327 e. The second-order valence-corrected chi connectivity index (χ2v) is 8.83. The number of nitrogens with two attached hydrogens (primary N) is 1. The Morgan fingerprint density at radius 3 is 1.82 bits per heavy atom. The van der Waals surface area contributed by atoms with Gasteiger partial charge in [-0.1, -0.05) is 42.5 Å². The molecule has 0 bridgehead atoms. The minimum Gasteiger partial charge on any atom is -0.508 e. The van der Waals surface area contributed by atoms with Crippen LogP contribution in [0.1, 0.15) is 17.5 Å². The number of carbonyl (C=O) groups is 5. The summed E-state index contributed by atoms with van der Waals surface area (Å²) in [5.41, 5.74) is 7.22. The molecule has 3 amide bonds. The van der Waals surface area contributed by atoms with E-state index in [9.17, 15) is 39.3 Å². The number of rotatable bonds is 14. The number of aromatic hydroxyl groups is 1. The molecule has 2 aromatic rings. The molecule has 13 heteroatoms. The summed E-state index contributed by atoms with van der Waals surface area (Å²) in [6.07, 6.45) is -0.782. The first-order valence-corrected chi connectivity index (χ1v) is 12.2. The lowest BCUT2D eigenvalue weighted by Crippen LogP contribution is -2.58. The van der Waals surface area contributed by atoms with Crippen molar-refractivity contribution in [1.82, 2.24) is 16.0 Å². The molecule has 0 saturated carbocycles. The van der Waals surface area contributed by atoms with Crippen molar-refractivity contribution in [3.8, 4) is 5.75 Å². The Hall–Kier alpha value is -4.10. The maximum atomic E-state index is 13.1. The van der Waals surface area contributed by atoms with Crippen molar-refractivity contribution in [3.63, 3.8) is 0 Å². The van der Waals surface area contributed by atoms with Crippen molar-refractivity contribution >= 4 is 42.3 Å². The van der Waals surface area contributed by atoms with Gasteiger partial charge in [-0.05, 0) is 29.7 Å². The largest absolute Gasteiger partial charge is 0.508 e. The van der Waals surface area contributed by atoms with Gasteiger partial charge in [0.05, 0.1) is 12.5 Å². The SMILES string of the molecule is NC(Cc1ccccc1)C(=O)NC(CC(=O)O)C(=O)NC(Cc1ccc(O)cc1)C(=O)NC(CS)C(=O)O. The third-order valence-electron chi connectivity index (χ3n) is 5.45. The van der Waals surface area contributed by atoms with E-state index in [0.29, 0.717) is 5.56 Å². The zero-order chi connectivity index (χ0) is 28.2. The van der Waals surface area contributed by atoms with Gasteiger partial charge in [0.15, 0.2) is 0 Å². The number of carboxylic acid groups (broad SMARTS) is 2. The molecule has 12 nitrogen and oxygen atoms in total. The molecule has 8 N–H and O–H groups in total. The van der Waals surface area contributed by atoms with Gasteiger partial charge in [-0.15, -0.1) is 0 Å². The molecule has 0 aliphatic heterocycles. The first-order chi connectivity index (χ1) is 18.0. The van der Waals surface area contributed by atoms with Crippen LogP contribution in [0.3, 0.4) is 0 Å². The van der Waals surface area contributed by atoms with Crippen LogP contribution in [0.15, 0.2) is 54.6 Å². The summed E-state index contributed by atoms with van der Waals surface area (Å²) in [5.74, 6) is -5.60. The summed E-state index contributed by atoms with van der Waals surface area (Å²) in [6, 6.07) is 9.21. The molecule has 4 atom stereocenters. The molecule has 0 aliphatic carbocycles. The number of hydrogen-bond donors (Lipinski definition) is 8. The van der Waals surface area contributed by atoms with Crippen LogP contribution < -0.4 is 21.7 Å². The fourth-order valence-electron chi connectivity index (χ4n) is 3.43. The lowest BCUT2D eigenvalue weighted by Gasteiger charge is -2.24. The van der Waals surface area contributed by atoms with E-state index < -0.39 is 60.2 Å². The first-order valence-electron chi connectivity index (χ1n) is 11.5. The van der Waals surface area contributed by atoms with Crippen LogP contribution >= 0.6 is 12.6 Å². The van der Waals surface area contributed by atoms with Crippen molar-refractivity contribution in [3.05, 3.63) is 65.7 Å². The lowest BCUT2D eigenvalue weighted by atomic mass is 10.0. The molecule has 38 heavy (non-hydrogen) atoms. The van der Waals surface area contributed by atoms with Crippen molar-refractivity contribution in [2.75, 3.05) is 5.75 Å². The number of phenolic OH excluding ortho intramolecular Hbond substituents is 1. The van der Waals surface area contributed by atoms with Crippen LogP contribution in [0.2, 0.25) is 0 Å². The second kappa shape index (κ2) is 14.6. The Labute approximate surface area is 224 Å². The fraction of sp³-hybridized carbons (Fsp3) is 0.320. The van der Waals surface area contributed by atoms with Crippen molar-refractivity contribution in [2.24, 2.45) is 5.73 Å². The quantitative estimate of drug-likeness (QED) is 0.143. The number of carboxylic acids is 2. The van der Waals surface area contributed by atoms with Gasteiger partial charge in [-0.3, -0.25) is 19.2 Å². The molecule has 2 rings (SSSR count). The predicted molar refractivity (Wildman–Crippen MR) is 139 cm³/mol. The number of phenols is 1. The van der Waals surface area contributed by atoms with Crippen LogP contribution in [0.25, 0.3) is 0 Å². The van der Waals surface area contributed by atoms with E-state index in [4.69, 9.17) is 5.73 Å². The summed E-state index contributed by atoms with van der Waals surface area (Å²) in [4.78, 5) is 61.4. The standard InChI is InChI=1S/C25H30N4O8S/c26-17(10-14-4-2-1-3-5-14)22(33)27-19(12-21(31)32)24(35)28-18(11-15-6-8-16(30)9-7-15)23(34)29-20(13-38)25(36)37/h1-9,17-20,30,38H,10-13,26H2,(H,27,33)(H,28,35)(H,29,34)(H,31,32)(H,36,37). The molecule has 4 unspecified atom stereocenters. The maximum absolute atomic E-state index is 13.1. The molecule has 0 saturated heterocycles. The molecule has 0 aliphatic rings. The van der Waals surface area contributed by atoms with Gasteiger partial charge in [0.2, 0.25) is 17.7 Å². The topological polar surface area (TPSA) is 208 Å². The van der Waals surface area contributed by atoms with E-state index in [2.05, 4.69) is 28.6 Å². The number of thiol groups is 1. The molecule has 2 aromatic carbocycles. The van der Waals surface area contributed by atoms with Gasteiger partial charge in [-0.25, -0.2) is 4.79 Å². The van der Waals surface area contributed by atoms with Crippen LogP contribution in [0, 0.1) is 0 Å². The second-order valence-electron chi connectivity index (χ2n) is 8.47. The first kappa shape index (κ1) is 30.1. The number of benzene rings is 2. The van der Waals surface area contributed by atoms with E-state index in [1.54, 1.807) is 30.3 Å². The van der Waals surface area contributed by atoms with Gasteiger partial charge in [0.1, 0.15) is 23.9 Å². The van der Waals surface area contributed by atoms with E-state index in [0.717, 1.165) is 5.56 Å². The number of amides is 3. The molecule has 204 valence electrons. The summed E-state index contributed by atoms with van der Waals surface area (Å²) < 4.78 is 0. The van der Waals surface area contributed by atoms with Crippen molar-refractivity contribution < 1.29 is 39.3 Å². The van der Waals surface area contributed by atoms with Gasteiger partial charge in [-0.2, -0.15) is 12.6 Å². The fourth-order valence-corrected chi connectivity index (χ4v) is 3.68. The Morgan fingerprint density at radius 1 is 0.737 bits per heavy atom. The van der Waals surface area contributed by atoms with Gasteiger partial charge >= 0.3 is 11.9 Å². The molecular weight excluding hydrogens is 516 g/mol. The molecular formula is C25H30N4O8S. The minimum absolute atomic E-state index is 0.0316. The van der Waals surface area contributed by atoms with Crippen LogP contribution in [-0.2, 0) is 36.8 Å². The highest BCUT2D eigenvalue weighted by Gasteiger charge is 2.31. The Kier molecular flexibility index (Phi) is 11.6. The van der Waals surface area contributed by atoms with E-state index in [1.807, 2.05) is 0 Å². The molecule has 0 heterocycles. The zero-order valence-corrected chi connectivity index (χ0v) is 21.1. The Morgan fingerprint density at radius 2 is 1.26 bits per heavy atom. The minimum atomic E-state index is -1.57. The number of aliphatic carboxylic acids is 2. The molecule has 0 spiro atoms. The zero-order valence-electron chi connectivity index (χ0n) is 20.2. The predicted octanol–water partition coefficient (Wildman–Crippen LogP) is -0.552. The van der Waals surface area contributed by atoms with E-state index >= 15 is 0 Å². The third kappa shape index (κ3) is 9.75. The summed E-state index contributed by atoms with van der Waals surface area (Å²) >= 11 is 3.91. The molecule has 0 aromatic heterocycles. The van der Waals surface area contributed by atoms with Crippen molar-refractivity contribution in [2.45, 2.75) is 43.4 Å². The average molecular weight is 547 g/mol. The summed E-state index contributed by atoms with van der Waals surface area (Å²) in [5, 5.41) is 35.0. The van der Waals surface area contributed by atoms with Crippen LogP contribution in [-0.4, -0.2) is 74.9 Å². The average Bonchev–Trinajstić information content (AvgIpc) is 2.87. The highest BCUT2D eigenvalue weighted by Crippen LogP contribution is 2.12. The highest BCUT2D eigenvalue weighted by molar-refractivity contribution is 7.80. The number of nitrogens with one attached hydrogen (secondary N) is 3. The van der Waals surface area contributed by atoms with Gasteiger partial charge < -0.3 is 37.0 Å². The summed E-state index contributed by atoms with van der Waals surface area (Å²) in [7, 11) is 0. The Bertz CT molecular complexity index is 1130. The lowest BCUT2D eigenvalue weighted by molar-refractivity contribution is -0.142. The van der Waals surface area contributed by atoms with Gasteiger partial charge in [0, 0.05) is 12.2 Å². The Balaban J connectivity index is 2.20. The summed E-state index contributed by atoms with van der Waals surface area (Å²) in [6.45, 7) is 0. The molecule has 0 fully saturated rings. The van der Waals surface area contributed by atoms with Crippen LogP contribution in [0.5, 0.6) is 5.75 Å². The third-order valence-corrected chi connectivity index (χ3v) is 5.82. The number of hydrogen-bond acceptors (Lipinski definition) is 8. The van der Waals surface area contributed by atoms with E-state index in [-0.39, 0.29) is 24.3 Å². The van der Waals surface area contributed by atoms with Crippen molar-refractivity contribution in [1.29, 1.82) is 0 Å². The van der Waals surface area contributed by atoms with E-state index in [1.165, 1.54) is 24.3 Å². The normalized spacial score (nSPS) is 13.8. The number of carbonyl (C=O) groups excluding carboxylic acids is 3. The highest BCUT2D eigenvalue weighted by atomic mass is 32.1.